The highest BCUT2D eigenvalue weighted by Crippen LogP contribution is 2.29. The first-order valence-corrected chi connectivity index (χ1v) is 8.76. The number of hydrogen-bond donors (Lipinski definition) is 0. The number of nitrogens with zero attached hydrogens (tertiary/aromatic N) is 2. The molecule has 0 N–H and O–H groups in total. The van der Waals surface area contributed by atoms with Gasteiger partial charge in [0, 0.05) is 25.2 Å². The van der Waals surface area contributed by atoms with Gasteiger partial charge >= 0.3 is 5.97 Å². The quantitative estimate of drug-likeness (QED) is 0.786. The number of esters is 1. The normalized spacial score (nSPS) is 23.7. The fourth-order valence-electron chi connectivity index (χ4n) is 3.66. The Labute approximate surface area is 147 Å². The second-order valence-corrected chi connectivity index (χ2v) is 6.81. The molecule has 2 amide bonds. The van der Waals surface area contributed by atoms with E-state index in [-0.39, 0.29) is 24.2 Å². The van der Waals surface area contributed by atoms with E-state index >= 15 is 0 Å². The van der Waals surface area contributed by atoms with E-state index in [2.05, 4.69) is 0 Å². The molecule has 0 saturated carbocycles. The van der Waals surface area contributed by atoms with Gasteiger partial charge < -0.3 is 14.5 Å². The maximum atomic E-state index is 12.9. The van der Waals surface area contributed by atoms with Crippen LogP contribution >= 0.6 is 0 Å². The van der Waals surface area contributed by atoms with Crippen molar-refractivity contribution in [2.75, 3.05) is 25.1 Å². The zero-order valence-electron chi connectivity index (χ0n) is 14.7. The topological polar surface area (TPSA) is 66.9 Å². The third-order valence-electron chi connectivity index (χ3n) is 5.08. The molecule has 1 aromatic carbocycles. The number of likely N-dealkylation sites (tertiary alicyclic amines) is 1. The zero-order chi connectivity index (χ0) is 18.0. The van der Waals surface area contributed by atoms with Crippen molar-refractivity contribution < 1.29 is 19.1 Å². The Bertz CT molecular complexity index is 671. The van der Waals surface area contributed by atoms with Crippen molar-refractivity contribution in [1.29, 1.82) is 0 Å². The van der Waals surface area contributed by atoms with Crippen molar-refractivity contribution in [2.24, 2.45) is 5.92 Å². The number of rotatable bonds is 3. The van der Waals surface area contributed by atoms with Crippen LogP contribution in [0.4, 0.5) is 5.69 Å². The van der Waals surface area contributed by atoms with Gasteiger partial charge in [0.15, 0.2) is 0 Å². The Morgan fingerprint density at radius 3 is 2.56 bits per heavy atom. The Morgan fingerprint density at radius 1 is 1.16 bits per heavy atom. The zero-order valence-corrected chi connectivity index (χ0v) is 14.7. The van der Waals surface area contributed by atoms with Gasteiger partial charge in [-0.3, -0.25) is 9.59 Å². The molecule has 2 unspecified atom stereocenters. The average Bonchev–Trinajstić information content (AvgIpc) is 3.03. The summed E-state index contributed by atoms with van der Waals surface area (Å²) in [7, 11) is 1.35. The van der Waals surface area contributed by atoms with Gasteiger partial charge in [0.05, 0.1) is 13.0 Å². The molecule has 6 nitrogen and oxygen atoms in total. The molecule has 0 radical (unpaired) electrons. The highest BCUT2D eigenvalue weighted by Gasteiger charge is 2.41. The standard InChI is InChI=1S/C19H24N2O4/c1-13-6-8-15(9-7-13)21-12-14(11-17(21)22)18(23)20-10-4-3-5-16(20)19(24)25-2/h6-9,14,16H,3-5,10-12H2,1-2H3. The smallest absolute Gasteiger partial charge is 0.328 e. The molecule has 1 aromatic rings. The van der Waals surface area contributed by atoms with Crippen molar-refractivity contribution in [1.82, 2.24) is 4.90 Å². The third-order valence-corrected chi connectivity index (χ3v) is 5.08. The number of hydrogen-bond acceptors (Lipinski definition) is 4. The van der Waals surface area contributed by atoms with Crippen LogP contribution in [0.3, 0.4) is 0 Å². The van der Waals surface area contributed by atoms with E-state index in [0.717, 1.165) is 24.1 Å². The molecule has 6 heteroatoms. The highest BCUT2D eigenvalue weighted by atomic mass is 16.5. The number of carbonyl (C=O) groups is 3. The Morgan fingerprint density at radius 2 is 1.88 bits per heavy atom. The van der Waals surface area contributed by atoms with E-state index in [1.54, 1.807) is 9.80 Å². The first-order valence-electron chi connectivity index (χ1n) is 8.76. The molecular weight excluding hydrogens is 320 g/mol. The van der Waals surface area contributed by atoms with Crippen LogP contribution in [0.1, 0.15) is 31.2 Å². The summed E-state index contributed by atoms with van der Waals surface area (Å²) in [6, 6.07) is 7.19. The Kier molecular flexibility index (Phi) is 5.06. The molecule has 0 bridgehead atoms. The lowest BCUT2D eigenvalue weighted by Crippen LogP contribution is -2.50. The first-order chi connectivity index (χ1) is 12.0. The third kappa shape index (κ3) is 3.52. The Hall–Kier alpha value is -2.37. The van der Waals surface area contributed by atoms with Crippen LogP contribution in [-0.2, 0) is 19.1 Å². The van der Waals surface area contributed by atoms with Gasteiger partial charge in [-0.25, -0.2) is 4.79 Å². The molecule has 2 aliphatic heterocycles. The van der Waals surface area contributed by atoms with Crippen LogP contribution < -0.4 is 4.90 Å². The molecule has 2 aliphatic rings. The number of ether oxygens (including phenoxy) is 1. The predicted octanol–water partition coefficient (Wildman–Crippen LogP) is 1.90. The molecule has 0 aliphatic carbocycles. The van der Waals surface area contributed by atoms with Crippen LogP contribution in [0.25, 0.3) is 0 Å². The second-order valence-electron chi connectivity index (χ2n) is 6.81. The van der Waals surface area contributed by atoms with Gasteiger partial charge in [0.25, 0.3) is 0 Å². The number of methoxy groups -OCH3 is 1. The monoisotopic (exact) mass is 344 g/mol. The fraction of sp³-hybridized carbons (Fsp3) is 0.526. The predicted molar refractivity (Wildman–Crippen MR) is 93.0 cm³/mol. The van der Waals surface area contributed by atoms with E-state index < -0.39 is 12.0 Å². The van der Waals surface area contributed by atoms with Crippen LogP contribution in [0.5, 0.6) is 0 Å². The van der Waals surface area contributed by atoms with Gasteiger partial charge in [-0.05, 0) is 38.3 Å². The van der Waals surface area contributed by atoms with Crippen LogP contribution in [0.15, 0.2) is 24.3 Å². The number of carbonyl (C=O) groups excluding carboxylic acids is 3. The van der Waals surface area contributed by atoms with Gasteiger partial charge in [-0.1, -0.05) is 17.7 Å². The maximum Gasteiger partial charge on any atom is 0.328 e. The number of aryl methyl sites for hydroxylation is 1. The molecule has 2 heterocycles. The summed E-state index contributed by atoms with van der Waals surface area (Å²) in [6.07, 6.45) is 2.60. The van der Waals surface area contributed by atoms with E-state index in [1.807, 2.05) is 31.2 Å². The van der Waals surface area contributed by atoms with Gasteiger partial charge in [-0.15, -0.1) is 0 Å². The van der Waals surface area contributed by atoms with Gasteiger partial charge in [-0.2, -0.15) is 0 Å². The minimum atomic E-state index is -0.519. The molecule has 0 spiro atoms. The number of piperidine rings is 1. The molecule has 3 rings (SSSR count). The first kappa shape index (κ1) is 17.5. The van der Waals surface area contributed by atoms with Crippen molar-refractivity contribution in [3.05, 3.63) is 29.8 Å². The minimum absolute atomic E-state index is 0.0474. The molecule has 0 aromatic heterocycles. The lowest BCUT2D eigenvalue weighted by atomic mass is 9.98. The molecule has 2 saturated heterocycles. The lowest BCUT2D eigenvalue weighted by molar-refractivity contribution is -0.156. The summed E-state index contributed by atoms with van der Waals surface area (Å²) in [5.41, 5.74) is 1.94. The fourth-order valence-corrected chi connectivity index (χ4v) is 3.66. The number of amides is 2. The van der Waals surface area contributed by atoms with E-state index in [1.165, 1.54) is 7.11 Å². The Balaban J connectivity index is 1.73. The average molecular weight is 344 g/mol. The van der Waals surface area contributed by atoms with Crippen molar-refractivity contribution in [3.63, 3.8) is 0 Å². The molecule has 25 heavy (non-hydrogen) atoms. The van der Waals surface area contributed by atoms with Crippen molar-refractivity contribution >= 4 is 23.5 Å². The number of benzene rings is 1. The highest BCUT2D eigenvalue weighted by molar-refractivity contribution is 6.00. The second kappa shape index (κ2) is 7.25. The largest absolute Gasteiger partial charge is 0.467 e. The summed E-state index contributed by atoms with van der Waals surface area (Å²) in [6.45, 7) is 2.91. The molecule has 2 atom stereocenters. The maximum absolute atomic E-state index is 12.9. The minimum Gasteiger partial charge on any atom is -0.467 e. The van der Waals surface area contributed by atoms with Crippen LogP contribution in [0, 0.1) is 12.8 Å². The number of anilines is 1. The summed E-state index contributed by atoms with van der Waals surface area (Å²) in [4.78, 5) is 40.6. The summed E-state index contributed by atoms with van der Waals surface area (Å²) in [5.74, 6) is -0.932. The summed E-state index contributed by atoms with van der Waals surface area (Å²) >= 11 is 0. The lowest BCUT2D eigenvalue weighted by Gasteiger charge is -2.35. The van der Waals surface area contributed by atoms with Gasteiger partial charge in [0.2, 0.25) is 11.8 Å². The van der Waals surface area contributed by atoms with Gasteiger partial charge in [0.1, 0.15) is 6.04 Å². The molecular formula is C19H24N2O4. The van der Waals surface area contributed by atoms with Crippen LogP contribution in [-0.4, -0.2) is 48.9 Å². The van der Waals surface area contributed by atoms with Crippen molar-refractivity contribution in [2.45, 2.75) is 38.6 Å². The van der Waals surface area contributed by atoms with E-state index in [0.29, 0.717) is 19.5 Å². The SMILES string of the molecule is COC(=O)C1CCCCN1C(=O)C1CC(=O)N(c2ccc(C)cc2)C1. The van der Waals surface area contributed by atoms with Crippen LogP contribution in [0.2, 0.25) is 0 Å². The molecule has 134 valence electrons. The summed E-state index contributed by atoms with van der Waals surface area (Å²) < 4.78 is 4.85. The van der Waals surface area contributed by atoms with E-state index in [4.69, 9.17) is 4.74 Å². The molecule has 2 fully saturated rings. The van der Waals surface area contributed by atoms with E-state index in [9.17, 15) is 14.4 Å². The van der Waals surface area contributed by atoms with Crippen molar-refractivity contribution in [3.8, 4) is 0 Å². The summed E-state index contributed by atoms with van der Waals surface area (Å²) in [5, 5.41) is 0.